The minimum absolute atomic E-state index is 0.413. The first-order valence-electron chi connectivity index (χ1n) is 6.84. The Hall–Kier alpha value is -1.65. The molecular formula is C16H17NO2S. The van der Waals surface area contributed by atoms with Crippen molar-refractivity contribution < 1.29 is 9.90 Å². The molecule has 2 aromatic rings. The molecule has 0 amide bonds. The van der Waals surface area contributed by atoms with Gasteiger partial charge < -0.3 is 10.4 Å². The number of rotatable bonds is 4. The van der Waals surface area contributed by atoms with Gasteiger partial charge in [-0.3, -0.25) is 0 Å². The number of nitrogens with one attached hydrogen (secondary N) is 1. The van der Waals surface area contributed by atoms with Gasteiger partial charge in [-0.05, 0) is 42.5 Å². The SMILES string of the molecule is O=C(O)c1ccc(CNC2CCc3ccccc3C2)s1. The summed E-state index contributed by atoms with van der Waals surface area (Å²) in [6.45, 7) is 0.755. The lowest BCUT2D eigenvalue weighted by Crippen LogP contribution is -2.33. The highest BCUT2D eigenvalue weighted by molar-refractivity contribution is 7.13. The molecule has 0 spiro atoms. The molecule has 1 unspecified atom stereocenters. The molecule has 20 heavy (non-hydrogen) atoms. The van der Waals surface area contributed by atoms with Crippen molar-refractivity contribution in [1.29, 1.82) is 0 Å². The standard InChI is InChI=1S/C16H17NO2S/c18-16(19)15-8-7-14(20-15)10-17-13-6-5-11-3-1-2-4-12(11)9-13/h1-4,7-8,13,17H,5-6,9-10H2,(H,18,19). The van der Waals surface area contributed by atoms with Crippen molar-refractivity contribution in [3.8, 4) is 0 Å². The van der Waals surface area contributed by atoms with E-state index in [1.165, 1.54) is 22.5 Å². The summed E-state index contributed by atoms with van der Waals surface area (Å²) < 4.78 is 0. The molecule has 2 N–H and O–H groups in total. The second-order valence-electron chi connectivity index (χ2n) is 5.16. The Labute approximate surface area is 122 Å². The van der Waals surface area contributed by atoms with E-state index >= 15 is 0 Å². The average Bonchev–Trinajstić information content (AvgIpc) is 2.94. The maximum atomic E-state index is 10.8. The van der Waals surface area contributed by atoms with E-state index in [-0.39, 0.29) is 0 Å². The number of benzene rings is 1. The zero-order valence-electron chi connectivity index (χ0n) is 11.1. The van der Waals surface area contributed by atoms with Crippen LogP contribution in [0.15, 0.2) is 36.4 Å². The first-order chi connectivity index (χ1) is 9.72. The van der Waals surface area contributed by atoms with Gasteiger partial charge in [-0.2, -0.15) is 0 Å². The molecule has 4 heteroatoms. The molecule has 3 rings (SSSR count). The molecule has 0 radical (unpaired) electrons. The predicted octanol–water partition coefficient (Wildman–Crippen LogP) is 3.09. The summed E-state index contributed by atoms with van der Waals surface area (Å²) in [5, 5.41) is 12.5. The van der Waals surface area contributed by atoms with Gasteiger partial charge in [0.25, 0.3) is 0 Å². The summed E-state index contributed by atoms with van der Waals surface area (Å²) in [6.07, 6.45) is 3.33. The number of hydrogen-bond acceptors (Lipinski definition) is 3. The van der Waals surface area contributed by atoms with E-state index in [1.54, 1.807) is 6.07 Å². The fourth-order valence-corrected chi connectivity index (χ4v) is 3.50. The summed E-state index contributed by atoms with van der Waals surface area (Å²) in [6, 6.07) is 12.7. The molecule has 1 aliphatic carbocycles. The molecule has 1 heterocycles. The number of fused-ring (bicyclic) bond motifs is 1. The van der Waals surface area contributed by atoms with Gasteiger partial charge in [0, 0.05) is 17.5 Å². The molecule has 3 nitrogen and oxygen atoms in total. The Balaban J connectivity index is 1.58. The van der Waals surface area contributed by atoms with Crippen LogP contribution in [0, 0.1) is 0 Å². The average molecular weight is 287 g/mol. The van der Waals surface area contributed by atoms with Crippen LogP contribution in [0.4, 0.5) is 0 Å². The van der Waals surface area contributed by atoms with Crippen molar-refractivity contribution in [2.45, 2.75) is 31.8 Å². The molecule has 0 aliphatic heterocycles. The highest BCUT2D eigenvalue weighted by Crippen LogP contribution is 2.22. The van der Waals surface area contributed by atoms with Gasteiger partial charge in [0.05, 0.1) is 0 Å². The zero-order chi connectivity index (χ0) is 13.9. The minimum Gasteiger partial charge on any atom is -0.477 e. The number of aromatic carboxylic acids is 1. The molecule has 1 aromatic heterocycles. The predicted molar refractivity (Wildman–Crippen MR) is 80.4 cm³/mol. The van der Waals surface area contributed by atoms with Crippen LogP contribution in [-0.2, 0) is 19.4 Å². The normalized spacial score (nSPS) is 17.7. The van der Waals surface area contributed by atoms with E-state index in [0.717, 1.165) is 30.7 Å². The molecule has 0 fully saturated rings. The van der Waals surface area contributed by atoms with E-state index in [1.807, 2.05) is 6.07 Å². The third-order valence-corrected chi connectivity index (χ3v) is 4.86. The number of carboxylic acids is 1. The first-order valence-corrected chi connectivity index (χ1v) is 7.66. The van der Waals surface area contributed by atoms with Crippen molar-refractivity contribution in [2.75, 3.05) is 0 Å². The summed E-state index contributed by atoms with van der Waals surface area (Å²) in [7, 11) is 0. The van der Waals surface area contributed by atoms with Gasteiger partial charge >= 0.3 is 5.97 Å². The third kappa shape index (κ3) is 2.92. The van der Waals surface area contributed by atoms with E-state index in [9.17, 15) is 4.79 Å². The van der Waals surface area contributed by atoms with E-state index in [2.05, 4.69) is 29.6 Å². The zero-order valence-corrected chi connectivity index (χ0v) is 12.0. The number of thiophene rings is 1. The van der Waals surface area contributed by atoms with Crippen LogP contribution >= 0.6 is 11.3 Å². The molecule has 0 saturated heterocycles. The van der Waals surface area contributed by atoms with Gasteiger partial charge in [-0.1, -0.05) is 24.3 Å². The van der Waals surface area contributed by atoms with Crippen molar-refractivity contribution in [1.82, 2.24) is 5.32 Å². The summed E-state index contributed by atoms with van der Waals surface area (Å²) in [4.78, 5) is 12.3. The fourth-order valence-electron chi connectivity index (χ4n) is 2.70. The second kappa shape index (κ2) is 5.77. The summed E-state index contributed by atoms with van der Waals surface area (Å²) >= 11 is 1.35. The van der Waals surface area contributed by atoms with E-state index < -0.39 is 5.97 Å². The van der Waals surface area contributed by atoms with Crippen molar-refractivity contribution >= 4 is 17.3 Å². The molecule has 0 saturated carbocycles. The number of carbonyl (C=O) groups is 1. The lowest BCUT2D eigenvalue weighted by Gasteiger charge is -2.25. The van der Waals surface area contributed by atoms with Crippen LogP contribution in [0.25, 0.3) is 0 Å². The number of hydrogen-bond donors (Lipinski definition) is 2. The molecule has 1 aromatic carbocycles. The molecule has 0 bridgehead atoms. The first kappa shape index (κ1) is 13.3. The second-order valence-corrected chi connectivity index (χ2v) is 6.33. The molecule has 1 atom stereocenters. The van der Waals surface area contributed by atoms with Crippen LogP contribution in [0.2, 0.25) is 0 Å². The number of carboxylic acid groups (broad SMARTS) is 1. The Bertz CT molecular complexity index is 620. The van der Waals surface area contributed by atoms with Gasteiger partial charge in [0.2, 0.25) is 0 Å². The monoisotopic (exact) mass is 287 g/mol. The quantitative estimate of drug-likeness (QED) is 0.908. The molecule has 104 valence electrons. The van der Waals surface area contributed by atoms with Gasteiger partial charge in [0.1, 0.15) is 4.88 Å². The van der Waals surface area contributed by atoms with Gasteiger partial charge in [-0.25, -0.2) is 4.79 Å². The largest absolute Gasteiger partial charge is 0.477 e. The molecule has 1 aliphatic rings. The van der Waals surface area contributed by atoms with Crippen LogP contribution < -0.4 is 5.32 Å². The summed E-state index contributed by atoms with van der Waals surface area (Å²) in [5.41, 5.74) is 2.91. The summed E-state index contributed by atoms with van der Waals surface area (Å²) in [5.74, 6) is -0.840. The maximum Gasteiger partial charge on any atom is 0.345 e. The van der Waals surface area contributed by atoms with Crippen LogP contribution in [-0.4, -0.2) is 17.1 Å². The Kier molecular flexibility index (Phi) is 3.85. The lowest BCUT2D eigenvalue weighted by atomic mass is 9.88. The van der Waals surface area contributed by atoms with Crippen LogP contribution in [0.5, 0.6) is 0 Å². The Morgan fingerprint density at radius 1 is 1.25 bits per heavy atom. The highest BCUT2D eigenvalue weighted by atomic mass is 32.1. The Morgan fingerprint density at radius 2 is 2.05 bits per heavy atom. The fraction of sp³-hybridized carbons (Fsp3) is 0.312. The van der Waals surface area contributed by atoms with E-state index in [4.69, 9.17) is 5.11 Å². The maximum absolute atomic E-state index is 10.8. The van der Waals surface area contributed by atoms with E-state index in [0.29, 0.717) is 10.9 Å². The van der Waals surface area contributed by atoms with Gasteiger partial charge in [0.15, 0.2) is 0 Å². The van der Waals surface area contributed by atoms with Crippen molar-refractivity contribution in [3.63, 3.8) is 0 Å². The van der Waals surface area contributed by atoms with Crippen LogP contribution in [0.3, 0.4) is 0 Å². The van der Waals surface area contributed by atoms with Crippen molar-refractivity contribution in [3.05, 3.63) is 57.3 Å². The third-order valence-electron chi connectivity index (χ3n) is 3.78. The smallest absolute Gasteiger partial charge is 0.345 e. The van der Waals surface area contributed by atoms with Crippen LogP contribution in [0.1, 0.15) is 32.1 Å². The Morgan fingerprint density at radius 3 is 2.80 bits per heavy atom. The topological polar surface area (TPSA) is 49.3 Å². The van der Waals surface area contributed by atoms with Crippen molar-refractivity contribution in [2.24, 2.45) is 0 Å². The highest BCUT2D eigenvalue weighted by Gasteiger charge is 2.17. The number of aryl methyl sites for hydroxylation is 1. The van der Waals surface area contributed by atoms with Gasteiger partial charge in [-0.15, -0.1) is 11.3 Å². The minimum atomic E-state index is -0.840. The molecular weight excluding hydrogens is 270 g/mol. The lowest BCUT2D eigenvalue weighted by molar-refractivity contribution is 0.0702.